The van der Waals surface area contributed by atoms with Crippen LogP contribution in [0.25, 0.3) is 5.57 Å². The molecule has 1 aliphatic carbocycles. The predicted octanol–water partition coefficient (Wildman–Crippen LogP) is 5.02. The van der Waals surface area contributed by atoms with Gasteiger partial charge in [0, 0.05) is 34.6 Å². The van der Waals surface area contributed by atoms with Gasteiger partial charge in [-0.2, -0.15) is 0 Å². The molecule has 0 amide bonds. The Morgan fingerprint density at radius 3 is 2.42 bits per heavy atom. The van der Waals surface area contributed by atoms with E-state index in [4.69, 9.17) is 0 Å². The minimum Gasteiger partial charge on any atom is -0.322 e. The summed E-state index contributed by atoms with van der Waals surface area (Å²) in [4.78, 5) is 28.4. The number of ketones is 1. The number of thioether (sulfide) groups is 1. The average Bonchev–Trinajstić information content (AvgIpc) is 3.04. The Bertz CT molecular complexity index is 878. The van der Waals surface area contributed by atoms with Crippen LogP contribution in [-0.4, -0.2) is 17.0 Å². The lowest BCUT2D eigenvalue weighted by Gasteiger charge is -2.13. The number of carbonyl (C=O) groups excluding carboxylic acids is 1. The van der Waals surface area contributed by atoms with Crippen LogP contribution in [0.2, 0.25) is 0 Å². The molecule has 1 atom stereocenters. The number of allylic oxidation sites excluding steroid dienone is 1. The third-order valence-electron chi connectivity index (χ3n) is 4.94. The Kier molecular flexibility index (Phi) is 5.82. The van der Waals surface area contributed by atoms with E-state index >= 15 is 0 Å². The van der Waals surface area contributed by atoms with Crippen LogP contribution in [0.3, 0.4) is 0 Å². The number of aromatic amines is 1. The number of hydrogen-bond donors (Lipinski definition) is 1. The lowest BCUT2D eigenvalue weighted by atomic mass is 9.95. The fourth-order valence-electron chi connectivity index (χ4n) is 3.43. The highest BCUT2D eigenvalue weighted by atomic mass is 32.2. The molecular weight excluding hydrogens is 342 g/mol. The van der Waals surface area contributed by atoms with Gasteiger partial charge in [0.15, 0.2) is 0 Å². The van der Waals surface area contributed by atoms with Gasteiger partial charge >= 0.3 is 0 Å². The molecule has 1 fully saturated rings. The van der Waals surface area contributed by atoms with Crippen LogP contribution < -0.4 is 5.56 Å². The number of carbonyl (C=O) groups is 1. The van der Waals surface area contributed by atoms with E-state index in [2.05, 4.69) is 41.6 Å². The number of pyridine rings is 1. The molecule has 1 saturated carbocycles. The van der Waals surface area contributed by atoms with E-state index in [0.29, 0.717) is 18.6 Å². The fourth-order valence-corrected chi connectivity index (χ4v) is 3.84. The van der Waals surface area contributed by atoms with Gasteiger partial charge in [-0.25, -0.2) is 0 Å². The SMILES string of the molecule is CSc1ccc(/C(=C\[C@H]2CCC(=O)C2)c2ccc(C(C)C)c(=O)[nH]2)cc1. The molecule has 4 heteroatoms. The second kappa shape index (κ2) is 8.09. The van der Waals surface area contributed by atoms with Crippen LogP contribution >= 0.6 is 11.8 Å². The molecule has 1 heterocycles. The van der Waals surface area contributed by atoms with Gasteiger partial charge in [0.25, 0.3) is 5.56 Å². The van der Waals surface area contributed by atoms with Crippen LogP contribution in [0, 0.1) is 5.92 Å². The first kappa shape index (κ1) is 18.7. The van der Waals surface area contributed by atoms with Gasteiger partial charge in [0.1, 0.15) is 5.78 Å². The van der Waals surface area contributed by atoms with E-state index in [9.17, 15) is 9.59 Å². The first-order chi connectivity index (χ1) is 12.5. The van der Waals surface area contributed by atoms with Crippen molar-refractivity contribution in [2.45, 2.75) is 43.9 Å². The van der Waals surface area contributed by atoms with E-state index in [-0.39, 0.29) is 17.4 Å². The summed E-state index contributed by atoms with van der Waals surface area (Å²) in [6, 6.07) is 12.3. The predicted molar refractivity (Wildman–Crippen MR) is 109 cm³/mol. The lowest BCUT2D eigenvalue weighted by molar-refractivity contribution is -0.117. The third-order valence-corrected chi connectivity index (χ3v) is 5.68. The maximum absolute atomic E-state index is 12.5. The molecule has 0 saturated heterocycles. The van der Waals surface area contributed by atoms with Crippen molar-refractivity contribution in [2.24, 2.45) is 5.92 Å². The van der Waals surface area contributed by atoms with E-state index in [0.717, 1.165) is 28.8 Å². The zero-order valence-electron chi connectivity index (χ0n) is 15.5. The molecule has 3 rings (SSSR count). The van der Waals surface area contributed by atoms with Crippen LogP contribution in [0.1, 0.15) is 55.8 Å². The first-order valence-corrected chi connectivity index (χ1v) is 10.3. The Balaban J connectivity index is 2.05. The van der Waals surface area contributed by atoms with Crippen molar-refractivity contribution >= 4 is 23.1 Å². The minimum atomic E-state index is -0.0355. The second-order valence-electron chi connectivity index (χ2n) is 7.16. The van der Waals surface area contributed by atoms with E-state index in [1.165, 1.54) is 4.90 Å². The number of H-pyrrole nitrogens is 1. The van der Waals surface area contributed by atoms with Crippen LogP contribution in [0.5, 0.6) is 0 Å². The number of rotatable bonds is 5. The van der Waals surface area contributed by atoms with Gasteiger partial charge in [-0.3, -0.25) is 9.59 Å². The lowest BCUT2D eigenvalue weighted by Crippen LogP contribution is -2.15. The van der Waals surface area contributed by atoms with Crippen LogP contribution in [-0.2, 0) is 4.79 Å². The van der Waals surface area contributed by atoms with E-state index in [1.54, 1.807) is 11.8 Å². The van der Waals surface area contributed by atoms with Crippen molar-refractivity contribution < 1.29 is 4.79 Å². The molecule has 0 aliphatic heterocycles. The molecule has 0 unspecified atom stereocenters. The normalized spacial score (nSPS) is 17.9. The number of benzene rings is 1. The summed E-state index contributed by atoms with van der Waals surface area (Å²) in [5.74, 6) is 0.756. The average molecular weight is 368 g/mol. The standard InChI is InChI=1S/C22H25NO2S/c1-14(2)19-10-11-21(23-22(19)25)20(13-15-4-7-17(24)12-15)16-5-8-18(26-3)9-6-16/h5-6,8-11,13-15H,4,7,12H2,1-3H3,(H,23,25)/b20-13+/t15-/m0/s1. The van der Waals surface area contributed by atoms with E-state index < -0.39 is 0 Å². The van der Waals surface area contributed by atoms with Crippen molar-refractivity contribution in [3.63, 3.8) is 0 Å². The molecule has 0 bridgehead atoms. The largest absolute Gasteiger partial charge is 0.322 e. The zero-order valence-corrected chi connectivity index (χ0v) is 16.4. The topological polar surface area (TPSA) is 49.9 Å². The molecule has 1 aromatic heterocycles. The molecule has 0 spiro atoms. The summed E-state index contributed by atoms with van der Waals surface area (Å²) in [5, 5.41) is 0. The van der Waals surface area contributed by atoms with Crippen molar-refractivity contribution in [1.82, 2.24) is 4.98 Å². The molecule has 0 radical (unpaired) electrons. The highest BCUT2D eigenvalue weighted by molar-refractivity contribution is 7.98. The molecular formula is C22H25NO2S. The third kappa shape index (κ3) is 4.18. The Morgan fingerprint density at radius 2 is 1.88 bits per heavy atom. The summed E-state index contributed by atoms with van der Waals surface area (Å²) < 4.78 is 0. The first-order valence-electron chi connectivity index (χ1n) is 9.09. The Morgan fingerprint density at radius 1 is 1.15 bits per heavy atom. The quantitative estimate of drug-likeness (QED) is 0.755. The van der Waals surface area contributed by atoms with Crippen LogP contribution in [0.15, 0.2) is 52.2 Å². The summed E-state index contributed by atoms with van der Waals surface area (Å²) >= 11 is 1.70. The number of hydrogen-bond acceptors (Lipinski definition) is 3. The summed E-state index contributed by atoms with van der Waals surface area (Å²) in [5.41, 5.74) is 3.64. The summed E-state index contributed by atoms with van der Waals surface area (Å²) in [6.07, 6.45) is 6.36. The molecule has 1 N–H and O–H groups in total. The zero-order chi connectivity index (χ0) is 18.7. The van der Waals surface area contributed by atoms with Crippen molar-refractivity contribution in [2.75, 3.05) is 6.26 Å². The Labute approximate surface area is 158 Å². The number of Topliss-reactive ketones (excluding diaryl/α,β-unsaturated/α-hetero) is 1. The summed E-state index contributed by atoms with van der Waals surface area (Å²) in [7, 11) is 0. The fraction of sp³-hybridized carbons (Fsp3) is 0.364. The van der Waals surface area contributed by atoms with Gasteiger partial charge < -0.3 is 4.98 Å². The maximum Gasteiger partial charge on any atom is 0.251 e. The van der Waals surface area contributed by atoms with Gasteiger partial charge in [0.05, 0.1) is 0 Å². The molecule has 2 aromatic rings. The smallest absolute Gasteiger partial charge is 0.251 e. The second-order valence-corrected chi connectivity index (χ2v) is 8.04. The summed E-state index contributed by atoms with van der Waals surface area (Å²) in [6.45, 7) is 4.04. The molecule has 26 heavy (non-hydrogen) atoms. The molecule has 1 aliphatic rings. The molecule has 136 valence electrons. The van der Waals surface area contributed by atoms with Crippen molar-refractivity contribution in [3.05, 3.63) is 69.6 Å². The minimum absolute atomic E-state index is 0.0355. The number of aromatic nitrogens is 1. The van der Waals surface area contributed by atoms with E-state index in [1.807, 2.05) is 26.0 Å². The van der Waals surface area contributed by atoms with Crippen LogP contribution in [0.4, 0.5) is 0 Å². The monoisotopic (exact) mass is 367 g/mol. The Hall–Kier alpha value is -2.07. The van der Waals surface area contributed by atoms with Crippen molar-refractivity contribution in [1.29, 1.82) is 0 Å². The molecule has 3 nitrogen and oxygen atoms in total. The van der Waals surface area contributed by atoms with Crippen molar-refractivity contribution in [3.8, 4) is 0 Å². The van der Waals surface area contributed by atoms with Gasteiger partial charge in [-0.15, -0.1) is 11.8 Å². The highest BCUT2D eigenvalue weighted by Gasteiger charge is 2.21. The maximum atomic E-state index is 12.5. The van der Waals surface area contributed by atoms with Gasteiger partial charge in [-0.1, -0.05) is 38.1 Å². The molecule has 1 aromatic carbocycles. The van der Waals surface area contributed by atoms with Gasteiger partial charge in [0.2, 0.25) is 0 Å². The highest BCUT2D eigenvalue weighted by Crippen LogP contribution is 2.31. The number of nitrogens with one attached hydrogen (secondary N) is 1. The van der Waals surface area contributed by atoms with Gasteiger partial charge in [-0.05, 0) is 48.3 Å².